The van der Waals surface area contributed by atoms with E-state index in [0.717, 1.165) is 12.5 Å². The third-order valence-electron chi connectivity index (χ3n) is 2.12. The SMILES string of the molecule is Cl.NCCCCNS(=O)(=O)c1ccc(F)c(Br)c1. The molecule has 0 atom stereocenters. The summed E-state index contributed by atoms with van der Waals surface area (Å²) in [5, 5.41) is 0. The largest absolute Gasteiger partial charge is 0.330 e. The molecule has 1 rings (SSSR count). The number of halogens is 3. The van der Waals surface area contributed by atoms with Crippen molar-refractivity contribution in [3.63, 3.8) is 0 Å². The molecule has 0 bridgehead atoms. The number of hydrogen-bond donors (Lipinski definition) is 2. The van der Waals surface area contributed by atoms with E-state index < -0.39 is 15.8 Å². The molecule has 104 valence electrons. The lowest BCUT2D eigenvalue weighted by molar-refractivity contribution is 0.576. The number of unbranched alkanes of at least 4 members (excludes halogenated alkanes) is 1. The van der Waals surface area contributed by atoms with E-state index in [4.69, 9.17) is 5.73 Å². The number of rotatable bonds is 6. The molecule has 8 heteroatoms. The van der Waals surface area contributed by atoms with E-state index in [1.807, 2.05) is 0 Å². The Morgan fingerprint density at radius 1 is 1.33 bits per heavy atom. The highest BCUT2D eigenvalue weighted by Crippen LogP contribution is 2.19. The van der Waals surface area contributed by atoms with Crippen molar-refractivity contribution in [1.29, 1.82) is 0 Å². The summed E-state index contributed by atoms with van der Waals surface area (Å²) in [7, 11) is -3.57. The van der Waals surface area contributed by atoms with Crippen molar-refractivity contribution in [2.75, 3.05) is 13.1 Å². The van der Waals surface area contributed by atoms with Crippen LogP contribution in [0.25, 0.3) is 0 Å². The second-order valence-electron chi connectivity index (χ2n) is 3.47. The third kappa shape index (κ3) is 5.19. The molecule has 1 aromatic rings. The summed E-state index contributed by atoms with van der Waals surface area (Å²) in [5.41, 5.74) is 5.30. The molecule has 0 aliphatic heterocycles. The van der Waals surface area contributed by atoms with E-state index in [0.29, 0.717) is 19.5 Å². The van der Waals surface area contributed by atoms with Gasteiger partial charge in [-0.05, 0) is 53.5 Å². The van der Waals surface area contributed by atoms with Crippen LogP contribution in [-0.4, -0.2) is 21.5 Å². The van der Waals surface area contributed by atoms with Crippen molar-refractivity contribution in [3.8, 4) is 0 Å². The second kappa shape index (κ2) is 8.06. The van der Waals surface area contributed by atoms with Crippen LogP contribution in [0.2, 0.25) is 0 Å². The Kier molecular flexibility index (Phi) is 7.97. The Bertz CT molecular complexity index is 485. The zero-order valence-electron chi connectivity index (χ0n) is 9.53. The number of benzene rings is 1. The van der Waals surface area contributed by atoms with Gasteiger partial charge in [0.2, 0.25) is 10.0 Å². The minimum atomic E-state index is -3.57. The van der Waals surface area contributed by atoms with Crippen LogP contribution >= 0.6 is 28.3 Å². The number of nitrogens with one attached hydrogen (secondary N) is 1. The molecule has 0 saturated heterocycles. The Balaban J connectivity index is 0.00000289. The highest BCUT2D eigenvalue weighted by molar-refractivity contribution is 9.10. The summed E-state index contributed by atoms with van der Waals surface area (Å²) in [5.74, 6) is -0.493. The lowest BCUT2D eigenvalue weighted by atomic mass is 10.3. The number of sulfonamides is 1. The zero-order chi connectivity index (χ0) is 12.9. The first-order chi connectivity index (χ1) is 7.97. The second-order valence-corrected chi connectivity index (χ2v) is 6.09. The summed E-state index contributed by atoms with van der Waals surface area (Å²) in [6.07, 6.45) is 1.44. The summed E-state index contributed by atoms with van der Waals surface area (Å²) in [6.45, 7) is 0.859. The molecule has 3 N–H and O–H groups in total. The Labute approximate surface area is 121 Å². The quantitative estimate of drug-likeness (QED) is 0.762. The van der Waals surface area contributed by atoms with Crippen molar-refractivity contribution in [3.05, 3.63) is 28.5 Å². The molecule has 1 aromatic carbocycles. The fourth-order valence-corrected chi connectivity index (χ4v) is 2.83. The number of nitrogens with two attached hydrogens (primary N) is 1. The fraction of sp³-hybridized carbons (Fsp3) is 0.400. The predicted octanol–water partition coefficient (Wildman–Crippen LogP) is 2.03. The van der Waals surface area contributed by atoms with Crippen LogP contribution in [0.5, 0.6) is 0 Å². The summed E-state index contributed by atoms with van der Waals surface area (Å²) < 4.78 is 39.1. The minimum Gasteiger partial charge on any atom is -0.330 e. The molecule has 0 aliphatic carbocycles. The van der Waals surface area contributed by atoms with Gasteiger partial charge in [0, 0.05) is 6.54 Å². The van der Waals surface area contributed by atoms with Crippen LogP contribution in [0.4, 0.5) is 4.39 Å². The first-order valence-corrected chi connectivity index (χ1v) is 7.40. The first kappa shape index (κ1) is 17.8. The highest BCUT2D eigenvalue weighted by atomic mass is 79.9. The zero-order valence-corrected chi connectivity index (χ0v) is 12.7. The Morgan fingerprint density at radius 2 is 2.00 bits per heavy atom. The number of hydrogen-bond acceptors (Lipinski definition) is 3. The molecular weight excluding hydrogens is 347 g/mol. The van der Waals surface area contributed by atoms with Crippen LogP contribution in [0, 0.1) is 5.82 Å². The van der Waals surface area contributed by atoms with Crippen LogP contribution in [0.15, 0.2) is 27.6 Å². The van der Waals surface area contributed by atoms with Gasteiger partial charge in [0.1, 0.15) is 5.82 Å². The van der Waals surface area contributed by atoms with Gasteiger partial charge in [0.05, 0.1) is 9.37 Å². The van der Waals surface area contributed by atoms with Gasteiger partial charge in [-0.3, -0.25) is 0 Å². The van der Waals surface area contributed by atoms with E-state index in [9.17, 15) is 12.8 Å². The summed E-state index contributed by atoms with van der Waals surface area (Å²) in [4.78, 5) is 0.0403. The normalized spacial score (nSPS) is 11.1. The van der Waals surface area contributed by atoms with Gasteiger partial charge in [-0.15, -0.1) is 12.4 Å². The summed E-state index contributed by atoms with van der Waals surface area (Å²) >= 11 is 2.95. The van der Waals surface area contributed by atoms with E-state index in [1.165, 1.54) is 12.1 Å². The van der Waals surface area contributed by atoms with Crippen molar-refractivity contribution in [2.24, 2.45) is 5.73 Å². The average molecular weight is 362 g/mol. The minimum absolute atomic E-state index is 0. The molecule has 0 heterocycles. The third-order valence-corrected chi connectivity index (χ3v) is 4.19. The fourth-order valence-electron chi connectivity index (χ4n) is 1.20. The van der Waals surface area contributed by atoms with Crippen LogP contribution in [0.1, 0.15) is 12.8 Å². The van der Waals surface area contributed by atoms with Crippen LogP contribution < -0.4 is 10.5 Å². The van der Waals surface area contributed by atoms with E-state index in [2.05, 4.69) is 20.7 Å². The van der Waals surface area contributed by atoms with Gasteiger partial charge in [0.25, 0.3) is 0 Å². The summed E-state index contributed by atoms with van der Waals surface area (Å²) in [6, 6.07) is 3.57. The maximum absolute atomic E-state index is 13.0. The molecule has 0 unspecified atom stereocenters. The van der Waals surface area contributed by atoms with Crippen molar-refractivity contribution < 1.29 is 12.8 Å². The molecule has 0 aliphatic rings. The standard InChI is InChI=1S/C10H14BrFN2O2S.ClH/c11-9-7-8(3-4-10(9)12)17(15,16)14-6-2-1-5-13;/h3-4,7,14H,1-2,5-6,13H2;1H. The highest BCUT2D eigenvalue weighted by Gasteiger charge is 2.14. The smallest absolute Gasteiger partial charge is 0.240 e. The Morgan fingerprint density at radius 3 is 2.56 bits per heavy atom. The monoisotopic (exact) mass is 360 g/mol. The molecule has 4 nitrogen and oxygen atoms in total. The topological polar surface area (TPSA) is 72.2 Å². The van der Waals surface area contributed by atoms with Gasteiger partial charge >= 0.3 is 0 Å². The molecule has 18 heavy (non-hydrogen) atoms. The van der Waals surface area contributed by atoms with Gasteiger partial charge < -0.3 is 5.73 Å². The van der Waals surface area contributed by atoms with Gasteiger partial charge in [-0.1, -0.05) is 0 Å². The molecule has 0 aromatic heterocycles. The average Bonchev–Trinajstić information content (AvgIpc) is 2.28. The van der Waals surface area contributed by atoms with Crippen LogP contribution in [-0.2, 0) is 10.0 Å². The van der Waals surface area contributed by atoms with Crippen molar-refractivity contribution in [2.45, 2.75) is 17.7 Å². The lowest BCUT2D eigenvalue weighted by Gasteiger charge is -2.07. The predicted molar refractivity (Wildman–Crippen MR) is 74.8 cm³/mol. The van der Waals surface area contributed by atoms with Crippen molar-refractivity contribution >= 4 is 38.4 Å². The van der Waals surface area contributed by atoms with E-state index in [1.54, 1.807) is 0 Å². The first-order valence-electron chi connectivity index (χ1n) is 5.12. The Hall–Kier alpha value is -0.210. The molecule has 0 radical (unpaired) electrons. The lowest BCUT2D eigenvalue weighted by Crippen LogP contribution is -2.25. The van der Waals surface area contributed by atoms with Crippen LogP contribution in [0.3, 0.4) is 0 Å². The van der Waals surface area contributed by atoms with Gasteiger partial charge in [0.15, 0.2) is 0 Å². The maximum atomic E-state index is 13.0. The molecule has 0 spiro atoms. The molecule has 0 fully saturated rings. The molecular formula is C10H15BrClFN2O2S. The van der Waals surface area contributed by atoms with Gasteiger partial charge in [-0.25, -0.2) is 17.5 Å². The van der Waals surface area contributed by atoms with E-state index >= 15 is 0 Å². The van der Waals surface area contributed by atoms with E-state index in [-0.39, 0.29) is 21.8 Å². The maximum Gasteiger partial charge on any atom is 0.240 e. The molecule has 0 amide bonds. The van der Waals surface area contributed by atoms with Crippen molar-refractivity contribution in [1.82, 2.24) is 4.72 Å². The molecule has 0 saturated carbocycles. The van der Waals surface area contributed by atoms with Gasteiger partial charge in [-0.2, -0.15) is 0 Å².